The summed E-state index contributed by atoms with van der Waals surface area (Å²) in [7, 11) is -0.932. The van der Waals surface area contributed by atoms with Crippen LogP contribution in [0.15, 0.2) is 12.2 Å². The predicted molar refractivity (Wildman–Crippen MR) is 59.1 cm³/mol. The highest BCUT2D eigenvalue weighted by molar-refractivity contribution is 8.08. The number of allylic oxidation sites excluding steroid dienone is 1. The van der Waals surface area contributed by atoms with E-state index in [1.54, 1.807) is 0 Å². The molecule has 0 unspecified atom stereocenters. The van der Waals surface area contributed by atoms with Gasteiger partial charge in [0, 0.05) is 22.8 Å². The first-order valence-electron chi connectivity index (χ1n) is 4.46. The summed E-state index contributed by atoms with van der Waals surface area (Å²) < 4.78 is 20.7. The smallest absolute Gasteiger partial charge is 0.109 e. The van der Waals surface area contributed by atoms with Crippen LogP contribution in [0.1, 0.15) is 20.8 Å². The van der Waals surface area contributed by atoms with Gasteiger partial charge in [0.1, 0.15) is 4.58 Å². The molecule has 0 aromatic rings. The average Bonchev–Trinajstić information content (AvgIpc) is 2.31. The van der Waals surface area contributed by atoms with E-state index in [9.17, 15) is 4.21 Å². The summed E-state index contributed by atoms with van der Waals surface area (Å²) in [5.41, 5.74) is 0. The van der Waals surface area contributed by atoms with Gasteiger partial charge >= 0.3 is 0 Å². The summed E-state index contributed by atoms with van der Waals surface area (Å²) in [6, 6.07) is 0. The van der Waals surface area contributed by atoms with Crippen LogP contribution in [0, 0.1) is 11.8 Å². The molecule has 0 aromatic carbocycles. The van der Waals surface area contributed by atoms with Gasteiger partial charge in [0.2, 0.25) is 0 Å². The normalized spacial score (nSPS) is 46.0. The van der Waals surface area contributed by atoms with Crippen LogP contribution in [-0.4, -0.2) is 18.6 Å². The van der Waals surface area contributed by atoms with Gasteiger partial charge in [-0.3, -0.25) is 4.21 Å². The van der Waals surface area contributed by atoms with Crippen LogP contribution < -0.4 is 0 Å². The molecule has 0 aliphatic carbocycles. The monoisotopic (exact) mass is 220 g/mol. The molecule has 1 aliphatic heterocycles. The Bertz CT molecular complexity index is 228. The van der Waals surface area contributed by atoms with E-state index in [2.05, 4.69) is 13.8 Å². The van der Waals surface area contributed by atoms with Crippen LogP contribution in [0.5, 0.6) is 0 Å². The lowest BCUT2D eigenvalue weighted by atomic mass is 9.94. The molecule has 1 heterocycles. The fourth-order valence-corrected chi connectivity index (χ4v) is 4.83. The lowest BCUT2D eigenvalue weighted by Gasteiger charge is -2.12. The van der Waals surface area contributed by atoms with E-state index < -0.39 is 10.8 Å². The lowest BCUT2D eigenvalue weighted by Crippen LogP contribution is -2.14. The molecule has 1 N–H and O–H groups in total. The number of hydrogen-bond donors (Lipinski definition) is 1. The van der Waals surface area contributed by atoms with Gasteiger partial charge in [-0.25, -0.2) is 0 Å². The molecule has 1 fully saturated rings. The first kappa shape index (κ1) is 11.3. The molecule has 1 saturated heterocycles. The van der Waals surface area contributed by atoms with Gasteiger partial charge in [-0.15, -0.1) is 0 Å². The molecule has 4 heteroatoms. The van der Waals surface area contributed by atoms with E-state index in [-0.39, 0.29) is 9.83 Å². The largest absolute Gasteiger partial charge is 0.329 e. The molecule has 0 bridgehead atoms. The van der Waals surface area contributed by atoms with Crippen LogP contribution in [0.2, 0.25) is 0 Å². The maximum atomic E-state index is 11.8. The Morgan fingerprint density at radius 3 is 2.38 bits per heavy atom. The second kappa shape index (κ2) is 4.62. The molecule has 2 nitrogen and oxygen atoms in total. The maximum absolute atomic E-state index is 11.8. The van der Waals surface area contributed by atoms with Crippen molar-refractivity contribution in [2.24, 2.45) is 11.8 Å². The van der Waals surface area contributed by atoms with Crippen LogP contribution in [-0.2, 0) is 10.8 Å². The molecular formula is C9H16O2S2. The molecule has 0 aromatic heterocycles. The zero-order valence-corrected chi connectivity index (χ0v) is 9.77. The van der Waals surface area contributed by atoms with Gasteiger partial charge in [-0.05, 0) is 18.8 Å². The molecule has 1 rings (SSSR count). The van der Waals surface area contributed by atoms with Gasteiger partial charge < -0.3 is 4.55 Å². The molecule has 5 atom stereocenters. The zero-order valence-electron chi connectivity index (χ0n) is 8.14. The minimum atomic E-state index is -0.932. The van der Waals surface area contributed by atoms with E-state index in [1.165, 1.54) is 0 Å². The van der Waals surface area contributed by atoms with Gasteiger partial charge in [0.05, 0.1) is 5.25 Å². The van der Waals surface area contributed by atoms with E-state index in [0.29, 0.717) is 11.8 Å². The second-order valence-corrected chi connectivity index (χ2v) is 6.24. The minimum Gasteiger partial charge on any atom is -0.329 e. The van der Waals surface area contributed by atoms with Crippen molar-refractivity contribution >= 4 is 22.8 Å². The van der Waals surface area contributed by atoms with Crippen molar-refractivity contribution in [1.82, 2.24) is 0 Å². The second-order valence-electron chi connectivity index (χ2n) is 3.51. The summed E-state index contributed by atoms with van der Waals surface area (Å²) in [5.74, 6) is 0.707. The molecule has 0 amide bonds. The van der Waals surface area contributed by atoms with E-state index in [1.807, 2.05) is 19.1 Å². The van der Waals surface area contributed by atoms with Crippen molar-refractivity contribution in [3.63, 3.8) is 0 Å². The fourth-order valence-electron chi connectivity index (χ4n) is 1.71. The number of hydrogen-bond acceptors (Lipinski definition) is 3. The topological polar surface area (TPSA) is 37.3 Å². The van der Waals surface area contributed by atoms with Gasteiger partial charge in [-0.1, -0.05) is 26.0 Å². The highest BCUT2D eigenvalue weighted by Crippen LogP contribution is 2.40. The molecule has 0 radical (unpaired) electrons. The van der Waals surface area contributed by atoms with Crippen LogP contribution in [0.25, 0.3) is 0 Å². The van der Waals surface area contributed by atoms with Gasteiger partial charge in [0.15, 0.2) is 0 Å². The number of rotatable bonds is 2. The summed E-state index contributed by atoms with van der Waals surface area (Å²) in [4.78, 5) is 0. The SMILES string of the molecule is C/C=C\[C@@H]1[C@@H](C)[C@H](C)[C@@H](SO)[S@]1=O. The summed E-state index contributed by atoms with van der Waals surface area (Å²) in [6.07, 6.45) is 3.93. The standard InChI is InChI=1S/C9H16O2S2/c1-4-5-8-6(2)7(3)9(12-10)13(8)11/h4-10H,1-3H3/b5-4-/t6-,7-,8+,9-,13-/m0/s1. The summed E-state index contributed by atoms with van der Waals surface area (Å²) in [5, 5.41) is 0.115. The van der Waals surface area contributed by atoms with Crippen molar-refractivity contribution in [1.29, 1.82) is 0 Å². The minimum absolute atomic E-state index is 0.115. The summed E-state index contributed by atoms with van der Waals surface area (Å²) in [6.45, 7) is 6.09. The molecule has 13 heavy (non-hydrogen) atoms. The Labute approximate surface area is 86.5 Å². The third kappa shape index (κ3) is 2.00. The Morgan fingerprint density at radius 1 is 1.38 bits per heavy atom. The van der Waals surface area contributed by atoms with Crippen molar-refractivity contribution in [3.8, 4) is 0 Å². The third-order valence-corrected chi connectivity index (χ3v) is 6.23. The first-order valence-corrected chi connectivity index (χ1v) is 6.57. The first-order chi connectivity index (χ1) is 6.13. The van der Waals surface area contributed by atoms with Gasteiger partial charge in [-0.2, -0.15) is 0 Å². The highest BCUT2D eigenvalue weighted by Gasteiger charge is 2.43. The molecule has 0 saturated carbocycles. The molecule has 76 valence electrons. The lowest BCUT2D eigenvalue weighted by molar-refractivity contribution is 0.447. The molecule has 1 aliphatic rings. The van der Waals surface area contributed by atoms with Crippen molar-refractivity contribution < 1.29 is 8.76 Å². The van der Waals surface area contributed by atoms with E-state index in [0.717, 1.165) is 12.0 Å². The van der Waals surface area contributed by atoms with Crippen molar-refractivity contribution in [3.05, 3.63) is 12.2 Å². The van der Waals surface area contributed by atoms with E-state index in [4.69, 9.17) is 4.55 Å². The van der Waals surface area contributed by atoms with Crippen LogP contribution in [0.3, 0.4) is 0 Å². The Hall–Kier alpha value is 0.200. The van der Waals surface area contributed by atoms with Gasteiger partial charge in [0.25, 0.3) is 0 Å². The quantitative estimate of drug-likeness (QED) is 0.574. The molecule has 0 spiro atoms. The Balaban J connectivity index is 2.84. The predicted octanol–water partition coefficient (Wildman–Crippen LogP) is 2.50. The van der Waals surface area contributed by atoms with Crippen LogP contribution in [0.4, 0.5) is 0 Å². The maximum Gasteiger partial charge on any atom is 0.109 e. The van der Waals surface area contributed by atoms with Crippen molar-refractivity contribution in [2.45, 2.75) is 30.6 Å². The van der Waals surface area contributed by atoms with E-state index >= 15 is 0 Å². The Morgan fingerprint density at radius 2 is 2.00 bits per heavy atom. The summed E-state index contributed by atoms with van der Waals surface area (Å²) >= 11 is 0.748. The molecular weight excluding hydrogens is 204 g/mol. The van der Waals surface area contributed by atoms with Crippen molar-refractivity contribution in [2.75, 3.05) is 0 Å². The highest BCUT2D eigenvalue weighted by atomic mass is 32.2. The third-order valence-electron chi connectivity index (χ3n) is 2.76. The fraction of sp³-hybridized carbons (Fsp3) is 0.778. The zero-order chi connectivity index (χ0) is 10.0. The average molecular weight is 220 g/mol. The van der Waals surface area contributed by atoms with Crippen LogP contribution >= 0.6 is 12.0 Å². The Kier molecular flexibility index (Phi) is 4.01.